The van der Waals surface area contributed by atoms with E-state index in [2.05, 4.69) is 19.1 Å². The van der Waals surface area contributed by atoms with Gasteiger partial charge >= 0.3 is 0 Å². The van der Waals surface area contributed by atoms with Crippen molar-refractivity contribution >= 4 is 11.8 Å². The van der Waals surface area contributed by atoms with Gasteiger partial charge in [-0.05, 0) is 24.3 Å². The second-order valence-corrected chi connectivity index (χ2v) is 4.89. The first kappa shape index (κ1) is 12.8. The molecule has 0 saturated carbocycles. The molecule has 1 atom stereocenters. The summed E-state index contributed by atoms with van der Waals surface area (Å²) >= 11 is 0. The summed E-state index contributed by atoms with van der Waals surface area (Å²) in [7, 11) is 0. The molecule has 1 fully saturated rings. The van der Waals surface area contributed by atoms with E-state index in [0.717, 1.165) is 12.8 Å². The molecule has 2 amide bonds. The molecule has 0 aromatic heterocycles. The Morgan fingerprint density at radius 1 is 1.11 bits per heavy atom. The molecule has 0 unspecified atom stereocenters. The van der Waals surface area contributed by atoms with Crippen molar-refractivity contribution in [2.24, 2.45) is 0 Å². The zero-order valence-corrected chi connectivity index (χ0v) is 10.8. The monoisotopic (exact) mass is 245 g/mol. The van der Waals surface area contributed by atoms with E-state index < -0.39 is 0 Å². The van der Waals surface area contributed by atoms with Crippen molar-refractivity contribution < 1.29 is 9.59 Å². The summed E-state index contributed by atoms with van der Waals surface area (Å²) < 4.78 is 0. The summed E-state index contributed by atoms with van der Waals surface area (Å²) in [4.78, 5) is 24.3. The molecule has 0 bridgehead atoms. The molecule has 1 heterocycles. The van der Waals surface area contributed by atoms with Crippen molar-refractivity contribution in [1.82, 2.24) is 4.90 Å². The lowest BCUT2D eigenvalue weighted by Gasteiger charge is -2.16. The molecule has 3 nitrogen and oxygen atoms in total. The predicted molar refractivity (Wildman–Crippen MR) is 70.0 cm³/mol. The van der Waals surface area contributed by atoms with Gasteiger partial charge in [-0.3, -0.25) is 14.5 Å². The number of nitrogens with zero attached hydrogens (tertiary/aromatic N) is 1. The minimum Gasteiger partial charge on any atom is -0.283 e. The summed E-state index contributed by atoms with van der Waals surface area (Å²) in [6.45, 7) is 2.76. The van der Waals surface area contributed by atoms with Gasteiger partial charge in [0.2, 0.25) is 11.8 Å². The van der Waals surface area contributed by atoms with Gasteiger partial charge in [0.25, 0.3) is 0 Å². The summed E-state index contributed by atoms with van der Waals surface area (Å²) in [6.07, 6.45) is 2.68. The predicted octanol–water partition coefficient (Wildman–Crippen LogP) is 2.72. The summed E-state index contributed by atoms with van der Waals surface area (Å²) in [5.41, 5.74) is 1.32. The smallest absolute Gasteiger partial charge is 0.229 e. The first-order valence-electron chi connectivity index (χ1n) is 6.56. The Morgan fingerprint density at radius 2 is 1.72 bits per heavy atom. The molecular weight excluding hydrogens is 226 g/mol. The molecule has 1 aromatic rings. The molecule has 3 heteroatoms. The first-order chi connectivity index (χ1) is 8.68. The van der Waals surface area contributed by atoms with Crippen LogP contribution in [0.1, 0.15) is 44.1 Å². The van der Waals surface area contributed by atoms with Gasteiger partial charge < -0.3 is 0 Å². The lowest BCUT2D eigenvalue weighted by atomic mass is 9.96. The SMILES string of the molecule is C[C@@H](CCCN1C(=O)CCC1=O)c1ccccc1. The van der Waals surface area contributed by atoms with E-state index in [1.807, 2.05) is 18.2 Å². The molecule has 0 N–H and O–H groups in total. The van der Waals surface area contributed by atoms with Crippen molar-refractivity contribution in [3.8, 4) is 0 Å². The van der Waals surface area contributed by atoms with Crippen molar-refractivity contribution in [1.29, 1.82) is 0 Å². The molecular formula is C15H19NO2. The van der Waals surface area contributed by atoms with E-state index >= 15 is 0 Å². The lowest BCUT2D eigenvalue weighted by molar-refractivity contribution is -0.138. The third-order valence-electron chi connectivity index (χ3n) is 3.54. The Bertz CT molecular complexity index is 411. The summed E-state index contributed by atoms with van der Waals surface area (Å²) in [5, 5.41) is 0. The van der Waals surface area contributed by atoms with E-state index in [1.54, 1.807) is 0 Å². The number of hydrogen-bond acceptors (Lipinski definition) is 2. The van der Waals surface area contributed by atoms with Gasteiger partial charge in [0.15, 0.2) is 0 Å². The lowest BCUT2D eigenvalue weighted by Crippen LogP contribution is -2.30. The second kappa shape index (κ2) is 5.80. The third kappa shape index (κ3) is 2.97. The van der Waals surface area contributed by atoms with Crippen LogP contribution in [0.4, 0.5) is 0 Å². The van der Waals surface area contributed by atoms with Crippen LogP contribution in [0.15, 0.2) is 30.3 Å². The van der Waals surface area contributed by atoms with Crippen LogP contribution in [0.3, 0.4) is 0 Å². The van der Waals surface area contributed by atoms with Gasteiger partial charge in [0.05, 0.1) is 0 Å². The van der Waals surface area contributed by atoms with Crippen LogP contribution < -0.4 is 0 Å². The zero-order valence-electron chi connectivity index (χ0n) is 10.8. The molecule has 0 spiro atoms. The van der Waals surface area contributed by atoms with E-state index in [-0.39, 0.29) is 11.8 Å². The maximum atomic E-state index is 11.4. The minimum atomic E-state index is -0.00707. The number of benzene rings is 1. The van der Waals surface area contributed by atoms with Crippen LogP contribution in [-0.2, 0) is 9.59 Å². The van der Waals surface area contributed by atoms with Crippen molar-refractivity contribution in [3.05, 3.63) is 35.9 Å². The molecule has 96 valence electrons. The molecule has 18 heavy (non-hydrogen) atoms. The van der Waals surface area contributed by atoms with Crippen LogP contribution in [-0.4, -0.2) is 23.3 Å². The average Bonchev–Trinajstić information content (AvgIpc) is 2.71. The second-order valence-electron chi connectivity index (χ2n) is 4.89. The molecule has 0 aliphatic carbocycles. The van der Waals surface area contributed by atoms with E-state index in [0.29, 0.717) is 25.3 Å². The molecule has 2 rings (SSSR count). The van der Waals surface area contributed by atoms with Crippen LogP contribution in [0.5, 0.6) is 0 Å². The number of rotatable bonds is 5. The summed E-state index contributed by atoms with van der Waals surface area (Å²) in [6, 6.07) is 10.3. The molecule has 1 aliphatic heterocycles. The Labute approximate surface area is 108 Å². The fraction of sp³-hybridized carbons (Fsp3) is 0.467. The number of imide groups is 1. The van der Waals surface area contributed by atoms with Gasteiger partial charge in [-0.15, -0.1) is 0 Å². The van der Waals surface area contributed by atoms with Gasteiger partial charge in [-0.2, -0.15) is 0 Å². The largest absolute Gasteiger partial charge is 0.283 e. The highest BCUT2D eigenvalue weighted by atomic mass is 16.2. The van der Waals surface area contributed by atoms with Gasteiger partial charge in [0.1, 0.15) is 0 Å². The van der Waals surface area contributed by atoms with Crippen LogP contribution in [0, 0.1) is 0 Å². The fourth-order valence-corrected chi connectivity index (χ4v) is 2.38. The quantitative estimate of drug-likeness (QED) is 0.748. The van der Waals surface area contributed by atoms with Crippen molar-refractivity contribution in [3.63, 3.8) is 0 Å². The molecule has 1 aliphatic rings. The van der Waals surface area contributed by atoms with E-state index in [9.17, 15) is 9.59 Å². The fourth-order valence-electron chi connectivity index (χ4n) is 2.38. The van der Waals surface area contributed by atoms with Gasteiger partial charge in [-0.25, -0.2) is 0 Å². The highest BCUT2D eigenvalue weighted by Gasteiger charge is 2.28. The average molecular weight is 245 g/mol. The van der Waals surface area contributed by atoms with E-state index in [1.165, 1.54) is 10.5 Å². The van der Waals surface area contributed by atoms with Gasteiger partial charge in [0, 0.05) is 19.4 Å². The molecule has 0 radical (unpaired) electrons. The Morgan fingerprint density at radius 3 is 2.33 bits per heavy atom. The summed E-state index contributed by atoms with van der Waals surface area (Å²) in [5.74, 6) is 0.457. The number of hydrogen-bond donors (Lipinski definition) is 0. The molecule has 1 aromatic carbocycles. The van der Waals surface area contributed by atoms with E-state index in [4.69, 9.17) is 0 Å². The van der Waals surface area contributed by atoms with Crippen molar-refractivity contribution in [2.45, 2.75) is 38.5 Å². The van der Waals surface area contributed by atoms with Crippen molar-refractivity contribution in [2.75, 3.05) is 6.54 Å². The zero-order chi connectivity index (χ0) is 13.0. The number of amides is 2. The molecule has 1 saturated heterocycles. The highest BCUT2D eigenvalue weighted by Crippen LogP contribution is 2.21. The normalized spacial score (nSPS) is 17.3. The highest BCUT2D eigenvalue weighted by molar-refractivity contribution is 6.01. The minimum absolute atomic E-state index is 0.00707. The standard InChI is InChI=1S/C15H19NO2/c1-12(13-7-3-2-4-8-13)6-5-11-16-14(17)9-10-15(16)18/h2-4,7-8,12H,5-6,9-11H2,1H3/t12-/m0/s1. The third-order valence-corrected chi connectivity index (χ3v) is 3.54. The Balaban J connectivity index is 1.79. The van der Waals surface area contributed by atoms with Gasteiger partial charge in [-0.1, -0.05) is 37.3 Å². The number of likely N-dealkylation sites (tertiary alicyclic amines) is 1. The maximum absolute atomic E-state index is 11.4. The number of carbonyl (C=O) groups is 2. The Kier molecular flexibility index (Phi) is 4.13. The van der Waals surface area contributed by atoms with Crippen LogP contribution in [0.2, 0.25) is 0 Å². The topological polar surface area (TPSA) is 37.4 Å². The van der Waals surface area contributed by atoms with Crippen LogP contribution in [0.25, 0.3) is 0 Å². The Hall–Kier alpha value is -1.64. The van der Waals surface area contributed by atoms with Crippen LogP contribution >= 0.6 is 0 Å². The maximum Gasteiger partial charge on any atom is 0.229 e. The first-order valence-corrected chi connectivity index (χ1v) is 6.56. The number of carbonyl (C=O) groups excluding carboxylic acids is 2.